The van der Waals surface area contributed by atoms with Crippen LogP contribution in [0.1, 0.15) is 41.3 Å². The number of rotatable bonds is 10. The molecule has 3 N–H and O–H groups in total. The summed E-state index contributed by atoms with van der Waals surface area (Å²) in [5.74, 6) is 1.58. The molecule has 7 heteroatoms. The van der Waals surface area contributed by atoms with E-state index >= 15 is 0 Å². The van der Waals surface area contributed by atoms with Gasteiger partial charge in [0, 0.05) is 37.2 Å². The minimum Gasteiger partial charge on any atom is -0.488 e. The SMILES string of the molecule is CCNC(=NCc1ccc(C)cc1OC1CCOC1)NCCCNC(=O)c1ccccc1. The molecule has 172 valence electrons. The fraction of sp³-hybridized carbons (Fsp3) is 0.440. The van der Waals surface area contributed by atoms with Crippen molar-refractivity contribution in [1.29, 1.82) is 0 Å². The van der Waals surface area contributed by atoms with E-state index in [1.807, 2.05) is 37.3 Å². The second-order valence-corrected chi connectivity index (χ2v) is 7.81. The van der Waals surface area contributed by atoms with Crippen LogP contribution in [0.25, 0.3) is 0 Å². The minimum absolute atomic E-state index is 0.0502. The Morgan fingerprint density at radius 1 is 1.12 bits per heavy atom. The molecule has 1 unspecified atom stereocenters. The van der Waals surface area contributed by atoms with Crippen molar-refractivity contribution in [1.82, 2.24) is 16.0 Å². The first-order valence-electron chi connectivity index (χ1n) is 11.3. The lowest BCUT2D eigenvalue weighted by Crippen LogP contribution is -2.38. The normalized spacial score (nSPS) is 15.9. The summed E-state index contributed by atoms with van der Waals surface area (Å²) in [7, 11) is 0. The zero-order valence-corrected chi connectivity index (χ0v) is 19.0. The standard InChI is InChI=1S/C25H34N4O3/c1-3-26-25(28-14-7-13-27-24(30)20-8-5-4-6-9-20)29-17-21-11-10-19(2)16-23(21)32-22-12-15-31-18-22/h4-6,8-11,16,22H,3,7,12-15,17-18H2,1-2H3,(H,27,30)(H2,26,28,29). The van der Waals surface area contributed by atoms with Crippen LogP contribution in [0.4, 0.5) is 0 Å². The molecule has 1 aliphatic rings. The Bertz CT molecular complexity index is 880. The van der Waals surface area contributed by atoms with E-state index in [9.17, 15) is 4.79 Å². The number of amides is 1. The summed E-state index contributed by atoms with van der Waals surface area (Å²) in [6.45, 7) is 8.09. The van der Waals surface area contributed by atoms with Crippen LogP contribution < -0.4 is 20.7 Å². The molecule has 0 aromatic heterocycles. The smallest absolute Gasteiger partial charge is 0.251 e. The summed E-state index contributed by atoms with van der Waals surface area (Å²) in [5, 5.41) is 9.55. The molecule has 3 rings (SSSR count). The van der Waals surface area contributed by atoms with Gasteiger partial charge in [0.1, 0.15) is 11.9 Å². The van der Waals surface area contributed by atoms with E-state index in [-0.39, 0.29) is 12.0 Å². The number of ether oxygens (including phenoxy) is 2. The minimum atomic E-state index is -0.0502. The van der Waals surface area contributed by atoms with E-state index < -0.39 is 0 Å². The van der Waals surface area contributed by atoms with Crippen LogP contribution in [0.3, 0.4) is 0 Å². The maximum Gasteiger partial charge on any atom is 0.251 e. The largest absolute Gasteiger partial charge is 0.488 e. The van der Waals surface area contributed by atoms with E-state index in [1.165, 1.54) is 0 Å². The first-order chi connectivity index (χ1) is 15.7. The fourth-order valence-corrected chi connectivity index (χ4v) is 3.38. The number of benzene rings is 2. The molecule has 0 aliphatic carbocycles. The highest BCUT2D eigenvalue weighted by molar-refractivity contribution is 5.94. The first kappa shape index (κ1) is 23.6. The van der Waals surface area contributed by atoms with Gasteiger partial charge in [0.25, 0.3) is 5.91 Å². The maximum absolute atomic E-state index is 12.1. The number of guanidine groups is 1. The number of nitrogens with one attached hydrogen (secondary N) is 3. The van der Waals surface area contributed by atoms with Gasteiger partial charge in [-0.3, -0.25) is 4.79 Å². The zero-order valence-electron chi connectivity index (χ0n) is 19.0. The third-order valence-electron chi connectivity index (χ3n) is 5.12. The molecule has 32 heavy (non-hydrogen) atoms. The van der Waals surface area contributed by atoms with Gasteiger partial charge >= 0.3 is 0 Å². The van der Waals surface area contributed by atoms with Crippen molar-refractivity contribution in [3.05, 3.63) is 65.2 Å². The highest BCUT2D eigenvalue weighted by Crippen LogP contribution is 2.24. The number of hydrogen-bond acceptors (Lipinski definition) is 4. The van der Waals surface area contributed by atoms with Gasteiger partial charge < -0.3 is 25.4 Å². The zero-order chi connectivity index (χ0) is 22.6. The maximum atomic E-state index is 12.1. The van der Waals surface area contributed by atoms with E-state index in [1.54, 1.807) is 0 Å². The van der Waals surface area contributed by atoms with Crippen LogP contribution in [-0.4, -0.2) is 50.8 Å². The van der Waals surface area contributed by atoms with E-state index in [0.717, 1.165) is 48.8 Å². The Kier molecular flexibility index (Phi) is 9.37. The fourth-order valence-electron chi connectivity index (χ4n) is 3.38. The summed E-state index contributed by atoms with van der Waals surface area (Å²) in [5.41, 5.74) is 2.89. The summed E-state index contributed by atoms with van der Waals surface area (Å²) < 4.78 is 11.6. The van der Waals surface area contributed by atoms with Gasteiger partial charge in [-0.1, -0.05) is 30.3 Å². The Balaban J connectivity index is 1.48. The molecular weight excluding hydrogens is 404 g/mol. The Labute approximate surface area is 190 Å². The molecule has 1 fully saturated rings. The topological polar surface area (TPSA) is 84.0 Å². The molecule has 1 aliphatic heterocycles. The predicted molar refractivity (Wildman–Crippen MR) is 127 cm³/mol. The van der Waals surface area contributed by atoms with Gasteiger partial charge in [0.2, 0.25) is 0 Å². The molecule has 2 aromatic carbocycles. The van der Waals surface area contributed by atoms with Crippen LogP contribution in [-0.2, 0) is 11.3 Å². The van der Waals surface area contributed by atoms with Gasteiger partial charge in [0.05, 0.1) is 19.8 Å². The average molecular weight is 439 g/mol. The van der Waals surface area contributed by atoms with Crippen molar-refractivity contribution >= 4 is 11.9 Å². The highest BCUT2D eigenvalue weighted by Gasteiger charge is 2.18. The quantitative estimate of drug-likeness (QED) is 0.302. The number of aryl methyl sites for hydroxylation is 1. The van der Waals surface area contributed by atoms with E-state index in [2.05, 4.69) is 41.1 Å². The Morgan fingerprint density at radius 3 is 2.69 bits per heavy atom. The second kappa shape index (κ2) is 12.7. The number of carbonyl (C=O) groups excluding carboxylic acids is 1. The van der Waals surface area contributed by atoms with E-state index in [4.69, 9.17) is 14.5 Å². The first-order valence-corrected chi connectivity index (χ1v) is 11.3. The number of carbonyl (C=O) groups is 1. The molecule has 0 radical (unpaired) electrons. The summed E-state index contributed by atoms with van der Waals surface area (Å²) in [6, 6.07) is 15.5. The second-order valence-electron chi connectivity index (χ2n) is 7.81. The summed E-state index contributed by atoms with van der Waals surface area (Å²) in [6.07, 6.45) is 1.82. The lowest BCUT2D eigenvalue weighted by molar-refractivity contribution is 0.0953. The van der Waals surface area contributed by atoms with Crippen LogP contribution in [0.5, 0.6) is 5.75 Å². The third-order valence-corrected chi connectivity index (χ3v) is 5.12. The van der Waals surface area contributed by atoms with Crippen molar-refractivity contribution in [3.8, 4) is 5.75 Å². The van der Waals surface area contributed by atoms with Gasteiger partial charge in [-0.15, -0.1) is 0 Å². The molecule has 0 spiro atoms. The molecule has 1 saturated heterocycles. The molecule has 0 bridgehead atoms. The molecule has 7 nitrogen and oxygen atoms in total. The van der Waals surface area contributed by atoms with Crippen LogP contribution in [0.15, 0.2) is 53.5 Å². The Hall–Kier alpha value is -3.06. The molecule has 1 atom stereocenters. The summed E-state index contributed by atoms with van der Waals surface area (Å²) in [4.78, 5) is 16.8. The third kappa shape index (κ3) is 7.57. The van der Waals surface area contributed by atoms with Crippen molar-refractivity contribution in [2.45, 2.75) is 39.3 Å². The van der Waals surface area contributed by atoms with Crippen molar-refractivity contribution in [3.63, 3.8) is 0 Å². The van der Waals surface area contributed by atoms with Gasteiger partial charge in [-0.2, -0.15) is 0 Å². The van der Waals surface area contributed by atoms with E-state index in [0.29, 0.717) is 31.8 Å². The lowest BCUT2D eigenvalue weighted by Gasteiger charge is -2.16. The molecule has 2 aromatic rings. The van der Waals surface area contributed by atoms with Gasteiger partial charge in [-0.25, -0.2) is 4.99 Å². The van der Waals surface area contributed by atoms with Gasteiger partial charge in [-0.05, 0) is 44.0 Å². The molecule has 0 saturated carbocycles. The average Bonchev–Trinajstić information content (AvgIpc) is 3.31. The number of hydrogen-bond donors (Lipinski definition) is 3. The highest BCUT2D eigenvalue weighted by atomic mass is 16.5. The Morgan fingerprint density at radius 2 is 1.94 bits per heavy atom. The lowest BCUT2D eigenvalue weighted by atomic mass is 10.1. The molecular formula is C25H34N4O3. The predicted octanol–water partition coefficient (Wildman–Crippen LogP) is 3.04. The van der Waals surface area contributed by atoms with Crippen LogP contribution in [0.2, 0.25) is 0 Å². The summed E-state index contributed by atoms with van der Waals surface area (Å²) >= 11 is 0. The molecule has 1 amide bonds. The monoisotopic (exact) mass is 438 g/mol. The van der Waals surface area contributed by atoms with Gasteiger partial charge in [0.15, 0.2) is 5.96 Å². The number of nitrogens with zero attached hydrogens (tertiary/aromatic N) is 1. The van der Waals surface area contributed by atoms with Crippen molar-refractivity contribution in [2.75, 3.05) is 32.8 Å². The van der Waals surface area contributed by atoms with Crippen molar-refractivity contribution < 1.29 is 14.3 Å². The number of aliphatic imine (C=N–C) groups is 1. The molecule has 1 heterocycles. The van der Waals surface area contributed by atoms with Crippen molar-refractivity contribution in [2.24, 2.45) is 4.99 Å². The van der Waals surface area contributed by atoms with Crippen LogP contribution >= 0.6 is 0 Å². The van der Waals surface area contributed by atoms with Crippen LogP contribution in [0, 0.1) is 6.92 Å².